The molecule has 0 aliphatic rings. The molecule has 18 heavy (non-hydrogen) atoms. The summed E-state index contributed by atoms with van der Waals surface area (Å²) in [6.45, 7) is 6.31. The number of benzene rings is 1. The normalized spacial score (nSPS) is 11.4. The Bertz CT molecular complexity index is 441. The van der Waals surface area contributed by atoms with E-state index in [0.717, 1.165) is 6.07 Å². The molecule has 0 saturated heterocycles. The number of carbonyl (C=O) groups is 1. The molecule has 5 heteroatoms. The van der Waals surface area contributed by atoms with Crippen molar-refractivity contribution in [2.75, 3.05) is 19.4 Å². The third kappa shape index (κ3) is 3.70. The molecule has 0 aliphatic carbocycles. The Balaban J connectivity index is 3.00. The van der Waals surface area contributed by atoms with Crippen molar-refractivity contribution in [1.82, 2.24) is 5.06 Å². The molecule has 1 rings (SSSR count). The summed E-state index contributed by atoms with van der Waals surface area (Å²) in [5.74, 6) is -0.941. The van der Waals surface area contributed by atoms with Gasteiger partial charge in [-0.15, -0.1) is 0 Å². The van der Waals surface area contributed by atoms with E-state index in [4.69, 9.17) is 10.6 Å². The van der Waals surface area contributed by atoms with Crippen LogP contribution in [0.3, 0.4) is 0 Å². The monoisotopic (exact) mass is 254 g/mol. The predicted octanol–water partition coefficient (Wildman–Crippen LogP) is 2.46. The third-order valence-corrected chi connectivity index (χ3v) is 2.31. The van der Waals surface area contributed by atoms with Gasteiger partial charge in [-0.3, -0.25) is 9.63 Å². The van der Waals surface area contributed by atoms with Gasteiger partial charge in [-0.2, -0.15) is 0 Å². The second-order valence-corrected chi connectivity index (χ2v) is 5.32. The maximum absolute atomic E-state index is 13.1. The fraction of sp³-hybridized carbons (Fsp3) is 0.462. The van der Waals surface area contributed by atoms with Gasteiger partial charge in [0.05, 0.1) is 19.2 Å². The van der Waals surface area contributed by atoms with Crippen molar-refractivity contribution in [2.24, 2.45) is 5.41 Å². The quantitative estimate of drug-likeness (QED) is 0.666. The highest BCUT2D eigenvalue weighted by Gasteiger charge is 2.24. The van der Waals surface area contributed by atoms with Crippen molar-refractivity contribution >= 4 is 11.6 Å². The van der Waals surface area contributed by atoms with Crippen LogP contribution >= 0.6 is 0 Å². The lowest BCUT2D eigenvalue weighted by molar-refractivity contribution is -0.110. The zero-order chi connectivity index (χ0) is 13.9. The Labute approximate surface area is 106 Å². The maximum atomic E-state index is 13.1. The molecule has 0 atom stereocenters. The van der Waals surface area contributed by atoms with Gasteiger partial charge >= 0.3 is 0 Å². The summed E-state index contributed by atoms with van der Waals surface area (Å²) in [7, 11) is 1.40. The number of hydrogen-bond acceptors (Lipinski definition) is 3. The van der Waals surface area contributed by atoms with Crippen LogP contribution in [0.4, 0.5) is 10.1 Å². The Morgan fingerprint density at radius 1 is 1.44 bits per heavy atom. The first-order valence-electron chi connectivity index (χ1n) is 5.65. The minimum atomic E-state index is -0.501. The summed E-state index contributed by atoms with van der Waals surface area (Å²) < 4.78 is 13.1. The number of hydrogen-bond donors (Lipinski definition) is 1. The van der Waals surface area contributed by atoms with E-state index in [2.05, 4.69) is 0 Å². The molecule has 1 aromatic rings. The van der Waals surface area contributed by atoms with Crippen LogP contribution < -0.4 is 5.73 Å². The van der Waals surface area contributed by atoms with Crippen molar-refractivity contribution < 1.29 is 14.0 Å². The van der Waals surface area contributed by atoms with Crippen LogP contribution in [-0.2, 0) is 4.84 Å². The second kappa shape index (κ2) is 5.35. The van der Waals surface area contributed by atoms with Crippen molar-refractivity contribution in [2.45, 2.75) is 20.8 Å². The van der Waals surface area contributed by atoms with Gasteiger partial charge in [-0.1, -0.05) is 20.8 Å². The summed E-state index contributed by atoms with van der Waals surface area (Å²) >= 11 is 0. The summed E-state index contributed by atoms with van der Waals surface area (Å²) in [6.07, 6.45) is 0. The number of anilines is 1. The predicted molar refractivity (Wildman–Crippen MR) is 68.3 cm³/mol. The maximum Gasteiger partial charge on any atom is 0.279 e. The SMILES string of the molecule is CON(CC(C)(C)C)C(=O)c1cc(F)ccc1N. The number of nitrogens with two attached hydrogens (primary N) is 1. The van der Waals surface area contributed by atoms with E-state index in [1.807, 2.05) is 20.8 Å². The number of halogens is 1. The molecule has 4 nitrogen and oxygen atoms in total. The lowest BCUT2D eigenvalue weighted by Crippen LogP contribution is -2.37. The van der Waals surface area contributed by atoms with Crippen LogP contribution in [0.15, 0.2) is 18.2 Å². The molecule has 1 amide bonds. The highest BCUT2D eigenvalue weighted by molar-refractivity contribution is 5.98. The summed E-state index contributed by atoms with van der Waals surface area (Å²) in [5.41, 5.74) is 5.89. The zero-order valence-corrected chi connectivity index (χ0v) is 11.2. The van der Waals surface area contributed by atoms with Crippen LogP contribution in [0.5, 0.6) is 0 Å². The van der Waals surface area contributed by atoms with Gasteiger partial charge < -0.3 is 5.73 Å². The number of amides is 1. The summed E-state index contributed by atoms with van der Waals surface area (Å²) in [6, 6.07) is 3.70. The van der Waals surface area contributed by atoms with Crippen LogP contribution in [0.2, 0.25) is 0 Å². The Morgan fingerprint density at radius 2 is 2.06 bits per heavy atom. The van der Waals surface area contributed by atoms with E-state index in [9.17, 15) is 9.18 Å². The Hall–Kier alpha value is -1.62. The highest BCUT2D eigenvalue weighted by Crippen LogP contribution is 2.20. The highest BCUT2D eigenvalue weighted by atomic mass is 19.1. The lowest BCUT2D eigenvalue weighted by atomic mass is 9.96. The Morgan fingerprint density at radius 3 is 2.56 bits per heavy atom. The van der Waals surface area contributed by atoms with Crippen molar-refractivity contribution in [3.63, 3.8) is 0 Å². The molecule has 0 spiro atoms. The Kier molecular flexibility index (Phi) is 4.29. The van der Waals surface area contributed by atoms with Gasteiger partial charge in [0.25, 0.3) is 5.91 Å². The molecule has 0 radical (unpaired) electrons. The van der Waals surface area contributed by atoms with Gasteiger partial charge in [-0.25, -0.2) is 9.45 Å². The smallest absolute Gasteiger partial charge is 0.279 e. The minimum absolute atomic E-state index is 0.112. The fourth-order valence-corrected chi connectivity index (χ4v) is 1.50. The summed E-state index contributed by atoms with van der Waals surface area (Å²) in [4.78, 5) is 17.2. The van der Waals surface area contributed by atoms with E-state index >= 15 is 0 Å². The van der Waals surface area contributed by atoms with E-state index in [1.165, 1.54) is 24.3 Å². The molecule has 0 unspecified atom stereocenters. The van der Waals surface area contributed by atoms with E-state index < -0.39 is 11.7 Å². The molecule has 1 aromatic carbocycles. The van der Waals surface area contributed by atoms with Crippen molar-refractivity contribution in [3.8, 4) is 0 Å². The van der Waals surface area contributed by atoms with Crippen LogP contribution in [-0.4, -0.2) is 24.6 Å². The topological polar surface area (TPSA) is 55.6 Å². The number of hydroxylamine groups is 2. The fourth-order valence-electron chi connectivity index (χ4n) is 1.50. The number of nitrogens with zero attached hydrogens (tertiary/aromatic N) is 1. The van der Waals surface area contributed by atoms with Crippen LogP contribution in [0.1, 0.15) is 31.1 Å². The average molecular weight is 254 g/mol. The first kappa shape index (κ1) is 14.4. The number of carbonyl (C=O) groups excluding carboxylic acids is 1. The third-order valence-electron chi connectivity index (χ3n) is 2.31. The molecule has 0 saturated carbocycles. The number of rotatable bonds is 3. The molecule has 2 N–H and O–H groups in total. The molecule has 100 valence electrons. The largest absolute Gasteiger partial charge is 0.398 e. The van der Waals surface area contributed by atoms with Gasteiger partial charge in [0.15, 0.2) is 0 Å². The van der Waals surface area contributed by atoms with Gasteiger partial charge in [-0.05, 0) is 23.6 Å². The van der Waals surface area contributed by atoms with E-state index in [0.29, 0.717) is 6.54 Å². The first-order chi connectivity index (χ1) is 8.24. The molecule has 0 bridgehead atoms. The molecular weight excluding hydrogens is 235 g/mol. The minimum Gasteiger partial charge on any atom is -0.398 e. The summed E-state index contributed by atoms with van der Waals surface area (Å²) in [5, 5.41) is 1.19. The second-order valence-electron chi connectivity index (χ2n) is 5.32. The standard InChI is InChI=1S/C13H19FN2O2/c1-13(2,3)8-16(18-4)12(17)10-7-9(14)5-6-11(10)15/h5-7H,8,15H2,1-4H3. The van der Waals surface area contributed by atoms with Gasteiger partial charge in [0.2, 0.25) is 0 Å². The first-order valence-corrected chi connectivity index (χ1v) is 5.65. The van der Waals surface area contributed by atoms with Crippen LogP contribution in [0, 0.1) is 11.2 Å². The molecule has 0 heterocycles. The average Bonchev–Trinajstić information content (AvgIpc) is 2.27. The van der Waals surface area contributed by atoms with E-state index in [1.54, 1.807) is 0 Å². The number of nitrogen functional groups attached to an aromatic ring is 1. The van der Waals surface area contributed by atoms with Gasteiger partial charge in [0, 0.05) is 5.69 Å². The molecular formula is C13H19FN2O2. The molecule has 0 aliphatic heterocycles. The lowest BCUT2D eigenvalue weighted by Gasteiger charge is -2.28. The van der Waals surface area contributed by atoms with Crippen molar-refractivity contribution in [1.29, 1.82) is 0 Å². The van der Waals surface area contributed by atoms with Gasteiger partial charge in [0.1, 0.15) is 5.82 Å². The van der Waals surface area contributed by atoms with Crippen LogP contribution in [0.25, 0.3) is 0 Å². The molecule has 0 aromatic heterocycles. The van der Waals surface area contributed by atoms with E-state index in [-0.39, 0.29) is 16.7 Å². The van der Waals surface area contributed by atoms with Crippen molar-refractivity contribution in [3.05, 3.63) is 29.6 Å². The zero-order valence-electron chi connectivity index (χ0n) is 11.2. The molecule has 0 fully saturated rings.